The minimum Gasteiger partial charge on any atom is -0.497 e. The third kappa shape index (κ3) is 2.69. The van der Waals surface area contributed by atoms with Gasteiger partial charge < -0.3 is 9.62 Å². The van der Waals surface area contributed by atoms with Gasteiger partial charge in [0.25, 0.3) is 0 Å². The van der Waals surface area contributed by atoms with Crippen molar-refractivity contribution < 1.29 is 14.5 Å². The smallest absolute Gasteiger partial charge is 0.171 e. The zero-order valence-corrected chi connectivity index (χ0v) is 13.5. The zero-order chi connectivity index (χ0) is 15.8. The predicted molar refractivity (Wildman–Crippen MR) is 87.6 cm³/mol. The Balaban J connectivity index is 1.65. The maximum atomic E-state index is 5.25. The molecule has 120 valence electrons. The second kappa shape index (κ2) is 5.87. The predicted octanol–water partition coefficient (Wildman–Crippen LogP) is 3.29. The van der Waals surface area contributed by atoms with Gasteiger partial charge in [0.05, 0.1) is 7.11 Å². The van der Waals surface area contributed by atoms with Crippen LogP contribution in [0, 0.1) is 0 Å². The molecule has 2 aromatic rings. The molecule has 4 rings (SSSR count). The first-order valence-corrected chi connectivity index (χ1v) is 8.03. The Kier molecular flexibility index (Phi) is 3.71. The summed E-state index contributed by atoms with van der Waals surface area (Å²) in [5.41, 5.74) is 5.26. The van der Waals surface area contributed by atoms with E-state index in [9.17, 15) is 0 Å². The molecule has 0 fully saturated rings. The molecular formula is C19H21NO3. The number of fused-ring (bicyclic) bond motifs is 2. The monoisotopic (exact) mass is 311 g/mol. The molecule has 4 heteroatoms. The van der Waals surface area contributed by atoms with Crippen LogP contribution in [0.1, 0.15) is 28.3 Å². The molecule has 0 spiro atoms. The zero-order valence-electron chi connectivity index (χ0n) is 13.5. The molecule has 2 aliphatic heterocycles. The van der Waals surface area contributed by atoms with Crippen molar-refractivity contribution in [2.24, 2.45) is 0 Å². The second-order valence-corrected chi connectivity index (χ2v) is 6.30. The van der Waals surface area contributed by atoms with E-state index < -0.39 is 0 Å². The van der Waals surface area contributed by atoms with E-state index in [0.29, 0.717) is 12.6 Å². The van der Waals surface area contributed by atoms with Gasteiger partial charge in [0.1, 0.15) is 12.4 Å². The Bertz CT molecular complexity index is 711. The van der Waals surface area contributed by atoms with Crippen LogP contribution in [0.5, 0.6) is 11.5 Å². The number of hydrogen-bond donors (Lipinski definition) is 0. The van der Waals surface area contributed by atoms with Gasteiger partial charge in [-0.3, -0.25) is 4.90 Å². The first-order chi connectivity index (χ1) is 11.2. The largest absolute Gasteiger partial charge is 0.497 e. The summed E-state index contributed by atoms with van der Waals surface area (Å²) < 4.78 is 5.25. The van der Waals surface area contributed by atoms with Gasteiger partial charge in [-0.25, -0.2) is 0 Å². The molecule has 2 aromatic carbocycles. The van der Waals surface area contributed by atoms with Gasteiger partial charge in [-0.1, -0.05) is 12.1 Å². The third-order valence-electron chi connectivity index (χ3n) is 4.90. The van der Waals surface area contributed by atoms with Gasteiger partial charge in [-0.2, -0.15) is 4.89 Å². The lowest BCUT2D eigenvalue weighted by molar-refractivity contribution is -0.194. The van der Waals surface area contributed by atoms with Crippen molar-refractivity contribution in [2.45, 2.75) is 25.5 Å². The summed E-state index contributed by atoms with van der Waals surface area (Å²) in [6.07, 6.45) is 2.05. The summed E-state index contributed by atoms with van der Waals surface area (Å²) >= 11 is 0. The minimum atomic E-state index is 0.387. The maximum Gasteiger partial charge on any atom is 0.171 e. The third-order valence-corrected chi connectivity index (χ3v) is 4.90. The van der Waals surface area contributed by atoms with Gasteiger partial charge in [0, 0.05) is 18.2 Å². The van der Waals surface area contributed by atoms with Crippen LogP contribution in [0.15, 0.2) is 36.4 Å². The van der Waals surface area contributed by atoms with E-state index in [0.717, 1.165) is 36.4 Å². The molecule has 1 atom stereocenters. The van der Waals surface area contributed by atoms with E-state index in [1.165, 1.54) is 16.7 Å². The van der Waals surface area contributed by atoms with Crippen LogP contribution < -0.4 is 9.62 Å². The fourth-order valence-corrected chi connectivity index (χ4v) is 3.50. The van der Waals surface area contributed by atoms with Crippen molar-refractivity contribution in [3.8, 4) is 11.5 Å². The average Bonchev–Trinajstić information content (AvgIpc) is 3.04. The summed E-state index contributed by atoms with van der Waals surface area (Å²) in [6.45, 7) is 1.61. The molecule has 0 aliphatic carbocycles. The van der Waals surface area contributed by atoms with Crippen molar-refractivity contribution >= 4 is 0 Å². The molecule has 4 nitrogen and oxygen atoms in total. The van der Waals surface area contributed by atoms with Gasteiger partial charge in [-0.05, 0) is 60.8 Å². The van der Waals surface area contributed by atoms with Gasteiger partial charge >= 0.3 is 0 Å². The van der Waals surface area contributed by atoms with Crippen molar-refractivity contribution in [1.29, 1.82) is 0 Å². The van der Waals surface area contributed by atoms with Crippen LogP contribution in [-0.2, 0) is 24.3 Å². The number of rotatable bonds is 3. The number of nitrogens with zero attached hydrogens (tertiary/aromatic N) is 1. The van der Waals surface area contributed by atoms with E-state index in [-0.39, 0.29) is 0 Å². The number of methoxy groups -OCH3 is 1. The maximum absolute atomic E-state index is 5.25. The van der Waals surface area contributed by atoms with Crippen molar-refractivity contribution in [3.63, 3.8) is 0 Å². The number of hydrogen-bond acceptors (Lipinski definition) is 4. The number of benzene rings is 2. The van der Waals surface area contributed by atoms with Crippen molar-refractivity contribution in [1.82, 2.24) is 4.90 Å². The van der Waals surface area contributed by atoms with Gasteiger partial charge in [-0.15, -0.1) is 0 Å². The van der Waals surface area contributed by atoms with E-state index in [1.54, 1.807) is 7.11 Å². The van der Waals surface area contributed by atoms with Crippen LogP contribution >= 0.6 is 0 Å². The Morgan fingerprint density at radius 3 is 2.78 bits per heavy atom. The lowest BCUT2D eigenvalue weighted by atomic mass is 9.87. The van der Waals surface area contributed by atoms with E-state index in [2.05, 4.69) is 36.2 Å². The van der Waals surface area contributed by atoms with Crippen LogP contribution in [0.4, 0.5) is 0 Å². The Labute approximate surface area is 136 Å². The minimum absolute atomic E-state index is 0.387. The molecule has 2 heterocycles. The Hall–Kier alpha value is -2.04. The average molecular weight is 311 g/mol. The highest BCUT2D eigenvalue weighted by Crippen LogP contribution is 2.37. The molecule has 0 aromatic heterocycles. The first kappa shape index (κ1) is 14.5. The SMILES string of the molecule is COc1ccc(C[C@H]2c3cc4c(cc3CCN2C)OOC4)cc1. The normalized spacial score (nSPS) is 19.8. The van der Waals surface area contributed by atoms with E-state index in [1.807, 2.05) is 12.1 Å². The van der Waals surface area contributed by atoms with Crippen LogP contribution in [0.2, 0.25) is 0 Å². The van der Waals surface area contributed by atoms with Crippen LogP contribution in [0.25, 0.3) is 0 Å². The summed E-state index contributed by atoms with van der Waals surface area (Å²) in [4.78, 5) is 12.8. The Morgan fingerprint density at radius 2 is 2.00 bits per heavy atom. The highest BCUT2D eigenvalue weighted by molar-refractivity contribution is 5.46. The lowest BCUT2D eigenvalue weighted by Crippen LogP contribution is -2.33. The molecule has 23 heavy (non-hydrogen) atoms. The van der Waals surface area contributed by atoms with Crippen LogP contribution in [-0.4, -0.2) is 25.6 Å². The molecule has 2 aliphatic rings. The highest BCUT2D eigenvalue weighted by Gasteiger charge is 2.28. The molecule has 0 N–H and O–H groups in total. The summed E-state index contributed by atoms with van der Waals surface area (Å²) in [6, 6.07) is 13.2. The highest BCUT2D eigenvalue weighted by atomic mass is 17.2. The molecule has 0 unspecified atom stereocenters. The molecule has 0 saturated heterocycles. The molecule has 0 saturated carbocycles. The summed E-state index contributed by atoms with van der Waals surface area (Å²) in [5, 5.41) is 0. The van der Waals surface area contributed by atoms with E-state index in [4.69, 9.17) is 14.5 Å². The quantitative estimate of drug-likeness (QED) is 0.814. The van der Waals surface area contributed by atoms with Gasteiger partial charge in [0.15, 0.2) is 5.75 Å². The topological polar surface area (TPSA) is 30.9 Å². The fourth-order valence-electron chi connectivity index (χ4n) is 3.50. The molecule has 0 radical (unpaired) electrons. The lowest BCUT2D eigenvalue weighted by Gasteiger charge is -2.35. The first-order valence-electron chi connectivity index (χ1n) is 8.03. The number of likely N-dealkylation sites (N-methyl/N-ethyl adjacent to an activating group) is 1. The van der Waals surface area contributed by atoms with Crippen LogP contribution in [0.3, 0.4) is 0 Å². The number of ether oxygens (including phenoxy) is 1. The van der Waals surface area contributed by atoms with Gasteiger partial charge in [0.2, 0.25) is 0 Å². The standard InChI is InChI=1S/C19H21NO3/c1-20-8-7-14-11-19-15(12-22-23-19)10-17(14)18(20)9-13-3-5-16(21-2)6-4-13/h3-6,10-11,18H,7-9,12H2,1-2H3/t18-/m0/s1. The fraction of sp³-hybridized carbons (Fsp3) is 0.368. The molecular weight excluding hydrogens is 290 g/mol. The van der Waals surface area contributed by atoms with Crippen molar-refractivity contribution in [3.05, 3.63) is 58.7 Å². The second-order valence-electron chi connectivity index (χ2n) is 6.30. The van der Waals surface area contributed by atoms with E-state index >= 15 is 0 Å². The molecule has 0 amide bonds. The Morgan fingerprint density at radius 1 is 1.17 bits per heavy atom. The summed E-state index contributed by atoms with van der Waals surface area (Å²) in [5.74, 6) is 1.79. The van der Waals surface area contributed by atoms with Crippen molar-refractivity contribution in [2.75, 3.05) is 20.7 Å². The summed E-state index contributed by atoms with van der Waals surface area (Å²) in [7, 11) is 3.90. The molecule has 0 bridgehead atoms.